The van der Waals surface area contributed by atoms with Crippen molar-refractivity contribution >= 4 is 17.9 Å². The third-order valence-corrected chi connectivity index (χ3v) is 2.19. The maximum absolute atomic E-state index is 10.8. The lowest BCUT2D eigenvalue weighted by Crippen LogP contribution is -1.95. The smallest absolute Gasteiger partial charge is 0.335 e. The average molecular weight is 217 g/mol. The van der Waals surface area contributed by atoms with Gasteiger partial charge >= 0.3 is 5.97 Å². The zero-order chi connectivity index (χ0) is 12.0. The van der Waals surface area contributed by atoms with Gasteiger partial charge in [-0.3, -0.25) is 4.99 Å². The van der Waals surface area contributed by atoms with Crippen molar-refractivity contribution < 1.29 is 9.90 Å². The van der Waals surface area contributed by atoms with E-state index in [1.54, 1.807) is 24.4 Å². The van der Waals surface area contributed by atoms with Gasteiger partial charge in [-0.2, -0.15) is 0 Å². The van der Waals surface area contributed by atoms with E-state index in [0.29, 0.717) is 5.69 Å². The number of aliphatic imine (C=N–C) groups is 1. The first-order valence-electron chi connectivity index (χ1n) is 5.12. The van der Waals surface area contributed by atoms with Gasteiger partial charge in [-0.1, -0.05) is 12.1 Å². The maximum atomic E-state index is 10.8. The Morgan fingerprint density at radius 1 is 1.50 bits per heavy atom. The standard InChI is InChI=1S/C13H15NO2/c1-3-4-5-8-14-12-9-11(13(15)16)7-6-10(12)2/h3,6-9H,1,4-5H2,2H3,(H,15,16). The summed E-state index contributed by atoms with van der Waals surface area (Å²) in [5, 5.41) is 8.84. The number of hydrogen-bond acceptors (Lipinski definition) is 2. The molecule has 0 atom stereocenters. The van der Waals surface area contributed by atoms with E-state index in [4.69, 9.17) is 5.11 Å². The summed E-state index contributed by atoms with van der Waals surface area (Å²) in [4.78, 5) is 15.0. The van der Waals surface area contributed by atoms with Crippen molar-refractivity contribution in [2.24, 2.45) is 4.99 Å². The number of aromatic carboxylic acids is 1. The van der Waals surface area contributed by atoms with Gasteiger partial charge in [0.15, 0.2) is 0 Å². The summed E-state index contributed by atoms with van der Waals surface area (Å²) in [5.74, 6) is -0.928. The van der Waals surface area contributed by atoms with Crippen LogP contribution in [-0.4, -0.2) is 17.3 Å². The number of carbonyl (C=O) groups is 1. The van der Waals surface area contributed by atoms with Gasteiger partial charge in [-0.25, -0.2) is 4.79 Å². The molecule has 16 heavy (non-hydrogen) atoms. The van der Waals surface area contributed by atoms with Crippen LogP contribution in [0.25, 0.3) is 0 Å². The molecule has 0 unspecified atom stereocenters. The molecule has 0 saturated carbocycles. The molecule has 0 aliphatic rings. The van der Waals surface area contributed by atoms with Crippen LogP contribution in [-0.2, 0) is 0 Å². The van der Waals surface area contributed by atoms with E-state index in [1.165, 1.54) is 0 Å². The molecule has 1 N–H and O–H groups in total. The molecule has 0 radical (unpaired) electrons. The molecule has 0 amide bonds. The van der Waals surface area contributed by atoms with Gasteiger partial charge in [-0.15, -0.1) is 6.58 Å². The minimum absolute atomic E-state index is 0.265. The molecule has 0 aliphatic heterocycles. The summed E-state index contributed by atoms with van der Waals surface area (Å²) in [7, 11) is 0. The lowest BCUT2D eigenvalue weighted by atomic mass is 10.1. The molecule has 0 spiro atoms. The summed E-state index contributed by atoms with van der Waals surface area (Å²) in [6.07, 6.45) is 5.31. The van der Waals surface area contributed by atoms with Gasteiger partial charge in [0.05, 0.1) is 11.3 Å². The number of benzene rings is 1. The Bertz CT molecular complexity index is 422. The summed E-state index contributed by atoms with van der Waals surface area (Å²) < 4.78 is 0. The van der Waals surface area contributed by atoms with E-state index in [0.717, 1.165) is 18.4 Å². The van der Waals surface area contributed by atoms with E-state index >= 15 is 0 Å². The van der Waals surface area contributed by atoms with Crippen LogP contribution >= 0.6 is 0 Å². The second kappa shape index (κ2) is 5.85. The third-order valence-electron chi connectivity index (χ3n) is 2.19. The van der Waals surface area contributed by atoms with Crippen molar-refractivity contribution in [1.82, 2.24) is 0 Å². The van der Waals surface area contributed by atoms with E-state index < -0.39 is 5.97 Å². The second-order valence-electron chi connectivity index (χ2n) is 3.48. The fourth-order valence-corrected chi connectivity index (χ4v) is 1.24. The number of rotatable bonds is 5. The van der Waals surface area contributed by atoms with Gasteiger partial charge in [-0.05, 0) is 37.5 Å². The highest BCUT2D eigenvalue weighted by molar-refractivity contribution is 5.89. The van der Waals surface area contributed by atoms with Crippen LogP contribution in [0, 0.1) is 6.92 Å². The molecule has 0 aliphatic carbocycles. The highest BCUT2D eigenvalue weighted by atomic mass is 16.4. The normalized spacial score (nSPS) is 10.6. The van der Waals surface area contributed by atoms with Gasteiger partial charge in [0, 0.05) is 6.21 Å². The van der Waals surface area contributed by atoms with Gasteiger partial charge in [0.1, 0.15) is 0 Å². The molecular formula is C13H15NO2. The first-order valence-corrected chi connectivity index (χ1v) is 5.12. The first kappa shape index (κ1) is 12.2. The van der Waals surface area contributed by atoms with Crippen molar-refractivity contribution in [3.8, 4) is 0 Å². The number of hydrogen-bond donors (Lipinski definition) is 1. The Morgan fingerprint density at radius 3 is 2.88 bits per heavy atom. The molecule has 1 rings (SSSR count). The summed E-state index contributed by atoms with van der Waals surface area (Å²) in [5.41, 5.74) is 1.95. The SMILES string of the molecule is C=CCCC=Nc1cc(C(=O)O)ccc1C. The molecule has 0 saturated heterocycles. The number of carboxylic acid groups (broad SMARTS) is 1. The summed E-state index contributed by atoms with van der Waals surface area (Å²) >= 11 is 0. The van der Waals surface area contributed by atoms with E-state index in [2.05, 4.69) is 11.6 Å². The quantitative estimate of drug-likeness (QED) is 0.467. The maximum Gasteiger partial charge on any atom is 0.335 e. The molecule has 0 bridgehead atoms. The van der Waals surface area contributed by atoms with Crippen LogP contribution in [0.5, 0.6) is 0 Å². The molecular weight excluding hydrogens is 202 g/mol. The van der Waals surface area contributed by atoms with E-state index in [9.17, 15) is 4.79 Å². The lowest BCUT2D eigenvalue weighted by molar-refractivity contribution is 0.0697. The predicted octanol–water partition coefficient (Wildman–Crippen LogP) is 3.36. The number of unbranched alkanes of at least 4 members (excludes halogenated alkanes) is 1. The summed E-state index contributed by atoms with van der Waals surface area (Å²) in [6.45, 7) is 5.53. The lowest BCUT2D eigenvalue weighted by Gasteiger charge is -2.01. The van der Waals surface area contributed by atoms with Gasteiger partial charge in [0.25, 0.3) is 0 Å². The largest absolute Gasteiger partial charge is 0.478 e. The first-order chi connectivity index (χ1) is 7.65. The number of aryl methyl sites for hydroxylation is 1. The predicted molar refractivity (Wildman–Crippen MR) is 65.7 cm³/mol. The van der Waals surface area contributed by atoms with E-state index in [-0.39, 0.29) is 5.56 Å². The van der Waals surface area contributed by atoms with Crippen LogP contribution in [0.1, 0.15) is 28.8 Å². The monoisotopic (exact) mass is 217 g/mol. The van der Waals surface area contributed by atoms with Crippen LogP contribution in [0.2, 0.25) is 0 Å². The molecule has 0 aromatic heterocycles. The fraction of sp³-hybridized carbons (Fsp3) is 0.231. The van der Waals surface area contributed by atoms with Crippen molar-refractivity contribution in [2.45, 2.75) is 19.8 Å². The molecule has 1 aromatic carbocycles. The molecule has 3 heteroatoms. The average Bonchev–Trinajstić information content (AvgIpc) is 2.26. The zero-order valence-corrected chi connectivity index (χ0v) is 9.31. The van der Waals surface area contributed by atoms with E-state index in [1.807, 2.05) is 13.0 Å². The number of carboxylic acids is 1. The minimum Gasteiger partial charge on any atom is -0.478 e. The molecule has 0 fully saturated rings. The zero-order valence-electron chi connectivity index (χ0n) is 9.31. The number of nitrogens with zero attached hydrogens (tertiary/aromatic N) is 1. The van der Waals surface area contributed by atoms with Crippen LogP contribution in [0.3, 0.4) is 0 Å². The number of allylic oxidation sites excluding steroid dienone is 1. The minimum atomic E-state index is -0.928. The van der Waals surface area contributed by atoms with Crippen molar-refractivity contribution in [3.05, 3.63) is 42.0 Å². The Balaban J connectivity index is 2.85. The molecule has 1 aromatic rings. The summed E-state index contributed by atoms with van der Waals surface area (Å²) in [6, 6.07) is 4.94. The highest BCUT2D eigenvalue weighted by Gasteiger charge is 2.04. The van der Waals surface area contributed by atoms with Gasteiger partial charge < -0.3 is 5.11 Å². The Labute approximate surface area is 95.1 Å². The fourth-order valence-electron chi connectivity index (χ4n) is 1.24. The Morgan fingerprint density at radius 2 is 2.25 bits per heavy atom. The Hall–Kier alpha value is -1.90. The van der Waals surface area contributed by atoms with Crippen LogP contribution < -0.4 is 0 Å². The van der Waals surface area contributed by atoms with Crippen molar-refractivity contribution in [2.75, 3.05) is 0 Å². The van der Waals surface area contributed by atoms with Crippen LogP contribution in [0.15, 0.2) is 35.8 Å². The van der Waals surface area contributed by atoms with Crippen LogP contribution in [0.4, 0.5) is 5.69 Å². The third kappa shape index (κ3) is 3.35. The Kier molecular flexibility index (Phi) is 4.45. The topological polar surface area (TPSA) is 49.7 Å². The molecule has 84 valence electrons. The highest BCUT2D eigenvalue weighted by Crippen LogP contribution is 2.19. The van der Waals surface area contributed by atoms with Crippen molar-refractivity contribution in [3.63, 3.8) is 0 Å². The van der Waals surface area contributed by atoms with Crippen molar-refractivity contribution in [1.29, 1.82) is 0 Å². The van der Waals surface area contributed by atoms with Gasteiger partial charge in [0.2, 0.25) is 0 Å². The molecule has 3 nitrogen and oxygen atoms in total. The molecule has 0 heterocycles. The second-order valence-corrected chi connectivity index (χ2v) is 3.48.